The monoisotopic (exact) mass is 634 g/mol. The number of nitrogens with two attached hydrogens (primary N) is 1. The summed E-state index contributed by atoms with van der Waals surface area (Å²) in [5.41, 5.74) is 4.42. The molecule has 0 fully saturated rings. The molecule has 0 aromatic heterocycles. The SMILES string of the molecule is CC(C)(C)OC(=O)N[C@@H](CCCCN)C(=O)N[C@@H](Cc1ccc(OC(C)(C)C)cc1)C(=O)N[C@@H](CCC(=O)C(C)(C)C)C(=O)O. The molecule has 0 saturated heterocycles. The van der Waals surface area contributed by atoms with Gasteiger partial charge in [0.15, 0.2) is 0 Å². The fourth-order valence-electron chi connectivity index (χ4n) is 4.16. The molecule has 12 nitrogen and oxygen atoms in total. The van der Waals surface area contributed by atoms with Crippen LogP contribution >= 0.6 is 0 Å². The molecule has 3 amide bonds. The lowest BCUT2D eigenvalue weighted by Crippen LogP contribution is -2.56. The number of carbonyl (C=O) groups excluding carboxylic acids is 4. The molecule has 0 saturated carbocycles. The van der Waals surface area contributed by atoms with Crippen molar-refractivity contribution in [1.82, 2.24) is 16.0 Å². The molecule has 12 heteroatoms. The lowest BCUT2D eigenvalue weighted by molar-refractivity contribution is -0.142. The zero-order chi connectivity index (χ0) is 34.6. The number of alkyl carbamates (subject to hydrolysis) is 1. The molecule has 0 aliphatic carbocycles. The highest BCUT2D eigenvalue weighted by molar-refractivity contribution is 5.93. The predicted molar refractivity (Wildman–Crippen MR) is 172 cm³/mol. The molecule has 3 atom stereocenters. The highest BCUT2D eigenvalue weighted by Crippen LogP contribution is 2.20. The molecule has 254 valence electrons. The van der Waals surface area contributed by atoms with E-state index < -0.39 is 58.6 Å². The van der Waals surface area contributed by atoms with Crippen LogP contribution in [0.5, 0.6) is 5.75 Å². The Labute approximate surface area is 267 Å². The third kappa shape index (κ3) is 16.3. The van der Waals surface area contributed by atoms with Crippen LogP contribution in [-0.4, -0.2) is 70.6 Å². The number of nitrogens with one attached hydrogen (secondary N) is 3. The second kappa shape index (κ2) is 17.1. The molecule has 6 N–H and O–H groups in total. The number of aliphatic carboxylic acids is 1. The molecule has 0 unspecified atom stereocenters. The normalized spacial score (nSPS) is 14.0. The van der Waals surface area contributed by atoms with E-state index in [-0.39, 0.29) is 31.5 Å². The topological polar surface area (TPSA) is 186 Å². The van der Waals surface area contributed by atoms with Crippen LogP contribution in [-0.2, 0) is 30.3 Å². The van der Waals surface area contributed by atoms with Gasteiger partial charge in [-0.3, -0.25) is 14.4 Å². The van der Waals surface area contributed by atoms with Gasteiger partial charge in [0, 0.05) is 18.3 Å². The van der Waals surface area contributed by atoms with Gasteiger partial charge in [0.1, 0.15) is 40.9 Å². The van der Waals surface area contributed by atoms with Crippen molar-refractivity contribution < 1.29 is 38.6 Å². The number of benzene rings is 1. The van der Waals surface area contributed by atoms with E-state index in [1.54, 1.807) is 65.8 Å². The summed E-state index contributed by atoms with van der Waals surface area (Å²) in [4.78, 5) is 64.1. The van der Waals surface area contributed by atoms with E-state index in [4.69, 9.17) is 15.2 Å². The molecule has 1 aromatic carbocycles. The van der Waals surface area contributed by atoms with Gasteiger partial charge in [-0.2, -0.15) is 0 Å². The van der Waals surface area contributed by atoms with E-state index in [2.05, 4.69) is 16.0 Å². The standard InChI is InChI=1S/C33H54N4O8/c1-31(2,3)26(38)18-17-24(29(41)42)35-28(40)25(20-21-13-15-22(16-14-21)44-32(4,5)6)36-27(39)23(12-10-11-19-34)37-30(43)45-33(7,8)9/h13-16,23-25H,10-12,17-20,34H2,1-9H3,(H,35,40)(H,36,39)(H,37,43)(H,41,42)/t23-,24-,25-/m0/s1. The largest absolute Gasteiger partial charge is 0.488 e. The molecule has 1 rings (SSSR count). The minimum atomic E-state index is -1.36. The lowest BCUT2D eigenvalue weighted by atomic mass is 9.87. The Bertz CT molecular complexity index is 1150. The van der Waals surface area contributed by atoms with E-state index in [9.17, 15) is 29.1 Å². The van der Waals surface area contributed by atoms with Crippen LogP contribution < -0.4 is 26.4 Å². The molecular weight excluding hydrogens is 580 g/mol. The van der Waals surface area contributed by atoms with E-state index in [0.29, 0.717) is 30.7 Å². The first-order chi connectivity index (χ1) is 20.6. The maximum atomic E-state index is 13.6. The second-order valence-electron chi connectivity index (χ2n) is 14.2. The van der Waals surface area contributed by atoms with Crippen LogP contribution in [0.15, 0.2) is 24.3 Å². The number of rotatable bonds is 16. The first-order valence-electron chi connectivity index (χ1n) is 15.5. The van der Waals surface area contributed by atoms with Crippen LogP contribution in [0.1, 0.15) is 100.0 Å². The molecule has 0 aliphatic rings. The van der Waals surface area contributed by atoms with Crippen LogP contribution in [0, 0.1) is 5.41 Å². The molecule has 0 bridgehead atoms. The number of carbonyl (C=O) groups is 5. The summed E-state index contributed by atoms with van der Waals surface area (Å²) in [5, 5.41) is 17.6. The number of amides is 3. The smallest absolute Gasteiger partial charge is 0.408 e. The summed E-state index contributed by atoms with van der Waals surface area (Å²) in [7, 11) is 0. The van der Waals surface area contributed by atoms with Crippen molar-refractivity contribution in [1.29, 1.82) is 0 Å². The van der Waals surface area contributed by atoms with Crippen molar-refractivity contribution in [3.05, 3.63) is 29.8 Å². The maximum absolute atomic E-state index is 13.6. The number of carboxylic acids is 1. The molecule has 0 aliphatic heterocycles. The molecule has 0 heterocycles. The number of carboxylic acid groups (broad SMARTS) is 1. The van der Waals surface area contributed by atoms with Crippen molar-refractivity contribution in [3.8, 4) is 5.75 Å². The zero-order valence-electron chi connectivity index (χ0n) is 28.4. The van der Waals surface area contributed by atoms with Gasteiger partial charge < -0.3 is 36.3 Å². The number of ether oxygens (including phenoxy) is 2. The molecule has 0 spiro atoms. The third-order valence-electron chi connectivity index (χ3n) is 6.49. The third-order valence-corrected chi connectivity index (χ3v) is 6.49. The van der Waals surface area contributed by atoms with Gasteiger partial charge >= 0.3 is 12.1 Å². The van der Waals surface area contributed by atoms with Gasteiger partial charge in [-0.25, -0.2) is 9.59 Å². The predicted octanol–water partition coefficient (Wildman–Crippen LogP) is 3.88. The summed E-state index contributed by atoms with van der Waals surface area (Å²) in [6.07, 6.45) is 0.444. The first-order valence-corrected chi connectivity index (χ1v) is 15.5. The average Bonchev–Trinajstić information content (AvgIpc) is 2.88. The fraction of sp³-hybridized carbons (Fsp3) is 0.667. The molecule has 0 radical (unpaired) electrons. The van der Waals surface area contributed by atoms with Gasteiger partial charge in [0.2, 0.25) is 11.8 Å². The number of hydrogen-bond donors (Lipinski definition) is 5. The van der Waals surface area contributed by atoms with Crippen molar-refractivity contribution in [3.63, 3.8) is 0 Å². The Kier molecular flexibility index (Phi) is 15.0. The summed E-state index contributed by atoms with van der Waals surface area (Å²) in [6.45, 7) is 16.5. The van der Waals surface area contributed by atoms with Gasteiger partial charge in [-0.05, 0) is 91.5 Å². The summed E-state index contributed by atoms with van der Waals surface area (Å²) in [5.74, 6) is -2.20. The van der Waals surface area contributed by atoms with E-state index in [1.165, 1.54) is 0 Å². The van der Waals surface area contributed by atoms with Gasteiger partial charge in [0.25, 0.3) is 0 Å². The van der Waals surface area contributed by atoms with E-state index in [1.807, 2.05) is 20.8 Å². The Morgan fingerprint density at radius 3 is 1.80 bits per heavy atom. The molecule has 45 heavy (non-hydrogen) atoms. The van der Waals surface area contributed by atoms with E-state index >= 15 is 0 Å². The average molecular weight is 635 g/mol. The van der Waals surface area contributed by atoms with Crippen molar-refractivity contribution >= 4 is 29.7 Å². The maximum Gasteiger partial charge on any atom is 0.408 e. The summed E-state index contributed by atoms with van der Waals surface area (Å²) >= 11 is 0. The number of ketones is 1. The summed E-state index contributed by atoms with van der Waals surface area (Å²) in [6, 6.07) is 3.40. The Hall–Kier alpha value is -3.67. The van der Waals surface area contributed by atoms with Gasteiger partial charge in [0.05, 0.1) is 0 Å². The van der Waals surface area contributed by atoms with Gasteiger partial charge in [-0.15, -0.1) is 0 Å². The zero-order valence-corrected chi connectivity index (χ0v) is 28.4. The highest BCUT2D eigenvalue weighted by Gasteiger charge is 2.32. The first kappa shape index (κ1) is 39.4. The second-order valence-corrected chi connectivity index (χ2v) is 14.2. The van der Waals surface area contributed by atoms with Crippen molar-refractivity contribution in [2.24, 2.45) is 11.1 Å². The van der Waals surface area contributed by atoms with Crippen molar-refractivity contribution in [2.75, 3.05) is 6.54 Å². The van der Waals surface area contributed by atoms with Crippen LogP contribution in [0.25, 0.3) is 0 Å². The summed E-state index contributed by atoms with van der Waals surface area (Å²) < 4.78 is 11.2. The molecule has 1 aromatic rings. The van der Waals surface area contributed by atoms with Crippen LogP contribution in [0.2, 0.25) is 0 Å². The number of Topliss-reactive ketones (excluding diaryl/α,β-unsaturated/α-hetero) is 1. The molecular formula is C33H54N4O8. The van der Waals surface area contributed by atoms with E-state index in [0.717, 1.165) is 0 Å². The quantitative estimate of drug-likeness (QED) is 0.168. The van der Waals surface area contributed by atoms with Crippen LogP contribution in [0.4, 0.5) is 4.79 Å². The fourth-order valence-corrected chi connectivity index (χ4v) is 4.16. The number of hydrogen-bond acceptors (Lipinski definition) is 8. The Balaban J connectivity index is 3.28. The minimum absolute atomic E-state index is 0.0165. The van der Waals surface area contributed by atoms with Crippen molar-refractivity contribution in [2.45, 2.75) is 130 Å². The minimum Gasteiger partial charge on any atom is -0.488 e. The van der Waals surface area contributed by atoms with Gasteiger partial charge in [-0.1, -0.05) is 32.9 Å². The highest BCUT2D eigenvalue weighted by atomic mass is 16.6. The Morgan fingerprint density at radius 2 is 1.31 bits per heavy atom. The van der Waals surface area contributed by atoms with Crippen LogP contribution in [0.3, 0.4) is 0 Å². The Morgan fingerprint density at radius 1 is 0.756 bits per heavy atom. The lowest BCUT2D eigenvalue weighted by Gasteiger charge is -2.26. The number of unbranched alkanes of at least 4 members (excludes halogenated alkanes) is 1.